The molecule has 0 unspecified atom stereocenters. The number of methoxy groups -OCH3 is 1. The lowest BCUT2D eigenvalue weighted by Gasteiger charge is -2.08. The summed E-state index contributed by atoms with van der Waals surface area (Å²) in [6.07, 6.45) is 0. The topological polar surface area (TPSA) is 102 Å². The van der Waals surface area contributed by atoms with Gasteiger partial charge in [0.1, 0.15) is 0 Å². The lowest BCUT2D eigenvalue weighted by atomic mass is 10.2. The summed E-state index contributed by atoms with van der Waals surface area (Å²) < 4.78 is 28.2. The summed E-state index contributed by atoms with van der Waals surface area (Å²) in [5.74, 6) is -1.32. The lowest BCUT2D eigenvalue weighted by molar-refractivity contribution is 0.0438. The second-order valence-electron chi connectivity index (χ2n) is 3.37. The first-order valence-corrected chi connectivity index (χ1v) is 6.90. The van der Waals surface area contributed by atoms with E-state index < -0.39 is 16.0 Å². The highest BCUT2D eigenvalue weighted by atomic mass is 35.5. The second kappa shape index (κ2) is 6.83. The average Bonchev–Trinajstić information content (AvgIpc) is 2.34. The van der Waals surface area contributed by atoms with E-state index in [-0.39, 0.29) is 28.7 Å². The van der Waals surface area contributed by atoms with Gasteiger partial charge in [0.15, 0.2) is 0 Å². The maximum Gasteiger partial charge on any atom is 0.337 e. The fourth-order valence-corrected chi connectivity index (χ4v) is 2.18. The van der Waals surface area contributed by atoms with Gasteiger partial charge in [-0.1, -0.05) is 16.5 Å². The number of ether oxygens (including phenoxy) is 1. The van der Waals surface area contributed by atoms with Gasteiger partial charge in [-0.25, -0.2) is 13.2 Å². The van der Waals surface area contributed by atoms with Crippen LogP contribution in [0.5, 0.6) is 0 Å². The Morgan fingerprint density at radius 2 is 2.11 bits per heavy atom. The Balaban J connectivity index is 2.89. The molecule has 0 aliphatic rings. The number of sulfonamides is 1. The van der Waals surface area contributed by atoms with E-state index >= 15 is 0 Å². The third-order valence-electron chi connectivity index (χ3n) is 2.04. The number of rotatable bonds is 7. The van der Waals surface area contributed by atoms with Crippen LogP contribution in [0.15, 0.2) is 23.1 Å². The lowest BCUT2D eigenvalue weighted by Crippen LogP contribution is -2.26. The van der Waals surface area contributed by atoms with E-state index in [1.165, 1.54) is 19.2 Å². The van der Waals surface area contributed by atoms with Gasteiger partial charge in [-0.2, -0.15) is 0 Å². The van der Waals surface area contributed by atoms with E-state index in [0.717, 1.165) is 6.07 Å². The van der Waals surface area contributed by atoms with Crippen molar-refractivity contribution >= 4 is 27.6 Å². The Bertz CT molecular complexity index is 559. The zero-order valence-corrected chi connectivity index (χ0v) is 11.5. The molecular formula is C10H12ClNO6S. The number of aromatic carboxylic acids is 1. The van der Waals surface area contributed by atoms with Crippen molar-refractivity contribution in [2.24, 2.45) is 0 Å². The van der Waals surface area contributed by atoms with Gasteiger partial charge >= 0.3 is 5.97 Å². The molecule has 19 heavy (non-hydrogen) atoms. The molecule has 0 spiro atoms. The largest absolute Gasteiger partial charge is 0.478 e. The number of hydrogen-bond donors (Lipinski definition) is 2. The number of carbonyl (C=O) groups is 1. The molecule has 0 amide bonds. The van der Waals surface area contributed by atoms with Crippen molar-refractivity contribution in [2.45, 2.75) is 4.90 Å². The summed E-state index contributed by atoms with van der Waals surface area (Å²) >= 11 is 5.64. The van der Waals surface area contributed by atoms with Gasteiger partial charge in [-0.3, -0.25) is 4.84 Å². The highest BCUT2D eigenvalue weighted by Gasteiger charge is 2.18. The molecule has 0 saturated heterocycles. The van der Waals surface area contributed by atoms with Crippen LogP contribution in [0.1, 0.15) is 10.4 Å². The van der Waals surface area contributed by atoms with E-state index in [4.69, 9.17) is 16.7 Å². The maximum atomic E-state index is 11.8. The molecule has 2 N–H and O–H groups in total. The number of benzene rings is 1. The first-order chi connectivity index (χ1) is 8.88. The first kappa shape index (κ1) is 15.9. The molecule has 1 aromatic rings. The summed E-state index contributed by atoms with van der Waals surface area (Å²) in [4.78, 5) is 17.1. The molecule has 0 atom stereocenters. The van der Waals surface area contributed by atoms with Crippen molar-refractivity contribution in [3.8, 4) is 0 Å². The molecule has 0 radical (unpaired) electrons. The summed E-state index contributed by atoms with van der Waals surface area (Å²) in [5.41, 5.74) is -0.304. The molecule has 0 fully saturated rings. The predicted molar refractivity (Wildman–Crippen MR) is 66.6 cm³/mol. The van der Waals surface area contributed by atoms with Crippen molar-refractivity contribution in [2.75, 3.05) is 20.3 Å². The normalized spacial score (nSPS) is 11.5. The van der Waals surface area contributed by atoms with E-state index in [1.807, 2.05) is 4.89 Å². The van der Waals surface area contributed by atoms with Crippen molar-refractivity contribution in [3.63, 3.8) is 0 Å². The summed E-state index contributed by atoms with van der Waals surface area (Å²) in [6, 6.07) is 3.32. The predicted octanol–water partition coefficient (Wildman–Crippen LogP) is 0.894. The van der Waals surface area contributed by atoms with Crippen LogP contribution in [0.25, 0.3) is 0 Å². The Morgan fingerprint density at radius 3 is 2.68 bits per heavy atom. The number of carboxylic acid groups (broad SMARTS) is 1. The maximum absolute atomic E-state index is 11.8. The molecule has 0 aliphatic carbocycles. The number of carboxylic acids is 1. The Hall–Kier alpha value is -1.19. The van der Waals surface area contributed by atoms with Gasteiger partial charge < -0.3 is 9.84 Å². The molecule has 0 aromatic heterocycles. The Labute approximate surface area is 115 Å². The second-order valence-corrected chi connectivity index (χ2v) is 5.43. The minimum atomic E-state index is -3.96. The fraction of sp³-hybridized carbons (Fsp3) is 0.300. The van der Waals surface area contributed by atoms with Crippen LogP contribution in [0.3, 0.4) is 0 Å². The van der Waals surface area contributed by atoms with Crippen LogP contribution in [-0.2, 0) is 19.6 Å². The zero-order valence-electron chi connectivity index (χ0n) is 9.92. The van der Waals surface area contributed by atoms with Gasteiger partial charge in [0, 0.05) is 7.11 Å². The van der Waals surface area contributed by atoms with Crippen LogP contribution in [-0.4, -0.2) is 39.8 Å². The molecule has 7 nitrogen and oxygen atoms in total. The van der Waals surface area contributed by atoms with Gasteiger partial charge in [0.05, 0.1) is 28.7 Å². The number of halogens is 1. The van der Waals surface area contributed by atoms with Crippen LogP contribution < -0.4 is 4.89 Å². The van der Waals surface area contributed by atoms with Crippen LogP contribution >= 0.6 is 11.6 Å². The van der Waals surface area contributed by atoms with Crippen LogP contribution in [0, 0.1) is 0 Å². The van der Waals surface area contributed by atoms with Gasteiger partial charge in [-0.05, 0) is 18.2 Å². The first-order valence-electron chi connectivity index (χ1n) is 5.04. The minimum Gasteiger partial charge on any atom is -0.478 e. The number of hydrogen-bond acceptors (Lipinski definition) is 5. The minimum absolute atomic E-state index is 0.0229. The molecule has 0 aliphatic heterocycles. The summed E-state index contributed by atoms with van der Waals surface area (Å²) in [7, 11) is -2.52. The molecule has 1 rings (SSSR count). The highest BCUT2D eigenvalue weighted by molar-refractivity contribution is 7.89. The van der Waals surface area contributed by atoms with Gasteiger partial charge in [0.25, 0.3) is 10.0 Å². The Morgan fingerprint density at radius 1 is 1.42 bits per heavy atom. The third-order valence-corrected chi connectivity index (χ3v) is 3.58. The highest BCUT2D eigenvalue weighted by Crippen LogP contribution is 2.20. The monoisotopic (exact) mass is 309 g/mol. The quantitative estimate of drug-likeness (QED) is 0.573. The van der Waals surface area contributed by atoms with Gasteiger partial charge in [0.2, 0.25) is 0 Å². The molecule has 106 valence electrons. The van der Waals surface area contributed by atoms with E-state index in [9.17, 15) is 13.2 Å². The SMILES string of the molecule is COCCONS(=O)(=O)c1ccc(Cl)c(C(=O)O)c1. The van der Waals surface area contributed by atoms with Crippen molar-refractivity contribution in [3.05, 3.63) is 28.8 Å². The molecule has 0 heterocycles. The van der Waals surface area contributed by atoms with E-state index in [1.54, 1.807) is 0 Å². The van der Waals surface area contributed by atoms with Crippen LogP contribution in [0.2, 0.25) is 5.02 Å². The standard InChI is InChI=1S/C10H12ClNO6S/c1-17-4-5-18-12-19(15,16)7-2-3-9(11)8(6-7)10(13)14/h2-3,6,12H,4-5H2,1H3,(H,13,14). The average molecular weight is 310 g/mol. The molecular weight excluding hydrogens is 298 g/mol. The summed E-state index contributed by atoms with van der Waals surface area (Å²) in [5, 5.41) is 8.81. The van der Waals surface area contributed by atoms with Crippen molar-refractivity contribution in [1.29, 1.82) is 0 Å². The fourth-order valence-electron chi connectivity index (χ4n) is 1.13. The molecule has 0 bridgehead atoms. The molecule has 1 aromatic carbocycles. The zero-order chi connectivity index (χ0) is 14.5. The molecule has 0 saturated carbocycles. The van der Waals surface area contributed by atoms with Crippen LogP contribution in [0.4, 0.5) is 0 Å². The van der Waals surface area contributed by atoms with Gasteiger partial charge in [-0.15, -0.1) is 0 Å². The van der Waals surface area contributed by atoms with Crippen molar-refractivity contribution < 1.29 is 27.9 Å². The van der Waals surface area contributed by atoms with Crippen molar-refractivity contribution in [1.82, 2.24) is 4.89 Å². The van der Waals surface area contributed by atoms with E-state index in [0.29, 0.717) is 0 Å². The number of nitrogens with one attached hydrogen (secondary N) is 1. The molecule has 9 heteroatoms. The Kier molecular flexibility index (Phi) is 5.70. The van der Waals surface area contributed by atoms with E-state index in [2.05, 4.69) is 9.57 Å². The summed E-state index contributed by atoms with van der Waals surface area (Å²) in [6.45, 7) is 0.235. The smallest absolute Gasteiger partial charge is 0.337 e. The third kappa shape index (κ3) is 4.44.